The second-order valence-electron chi connectivity index (χ2n) is 9.36. The Morgan fingerprint density at radius 1 is 0.800 bits per heavy atom. The molecular formula is C29H30O10S. The Hall–Kier alpha value is -3.96. The molecule has 1 aliphatic rings. The standard InChI is InChI=1S/C29H30O10S/c1-15-8-9-20(13-21(15)14-22-10-11-24(40-22)23-7-6-12-34-23)25-26(35-16(2)30)27(36-17(3)31)28(37-18(4)32)29(39-25)38-19(5)33/h6-13,25-29H,14H2,1-5H3. The van der Waals surface area contributed by atoms with E-state index in [4.69, 9.17) is 28.1 Å². The molecule has 3 aromatic rings. The maximum absolute atomic E-state index is 12.2. The molecule has 1 aliphatic heterocycles. The van der Waals surface area contributed by atoms with Gasteiger partial charge in [0.25, 0.3) is 0 Å². The lowest BCUT2D eigenvalue weighted by molar-refractivity contribution is -0.298. The Balaban J connectivity index is 1.72. The van der Waals surface area contributed by atoms with Gasteiger partial charge < -0.3 is 28.1 Å². The number of furan rings is 1. The van der Waals surface area contributed by atoms with Crippen molar-refractivity contribution in [2.45, 2.75) is 71.7 Å². The first kappa shape index (κ1) is 29.0. The zero-order valence-electron chi connectivity index (χ0n) is 22.7. The third-order valence-corrected chi connectivity index (χ3v) is 7.28. The maximum atomic E-state index is 12.2. The highest BCUT2D eigenvalue weighted by Crippen LogP contribution is 2.39. The molecule has 4 rings (SSSR count). The average molecular weight is 571 g/mol. The summed E-state index contributed by atoms with van der Waals surface area (Å²) in [5, 5.41) is 0. The van der Waals surface area contributed by atoms with Gasteiger partial charge in [0.15, 0.2) is 12.2 Å². The SMILES string of the molecule is CC(=O)OC1OC(c2ccc(C)c(Cc3ccc(-c4ccco4)s3)c2)C(OC(C)=O)C(OC(C)=O)C1OC(C)=O. The van der Waals surface area contributed by atoms with E-state index in [0.717, 1.165) is 33.6 Å². The van der Waals surface area contributed by atoms with Gasteiger partial charge in [-0.15, -0.1) is 11.3 Å². The molecule has 1 aromatic carbocycles. The molecule has 10 nitrogen and oxygen atoms in total. The highest BCUT2D eigenvalue weighted by molar-refractivity contribution is 7.15. The predicted molar refractivity (Wildman–Crippen MR) is 142 cm³/mol. The Labute approximate surface area is 235 Å². The number of hydrogen-bond donors (Lipinski definition) is 0. The fraction of sp³-hybridized carbons (Fsp3) is 0.379. The fourth-order valence-electron chi connectivity index (χ4n) is 4.57. The molecule has 0 bridgehead atoms. The Kier molecular flexibility index (Phi) is 9.06. The molecule has 40 heavy (non-hydrogen) atoms. The van der Waals surface area contributed by atoms with Crippen LogP contribution in [0.1, 0.15) is 55.4 Å². The van der Waals surface area contributed by atoms with Crippen LogP contribution < -0.4 is 0 Å². The van der Waals surface area contributed by atoms with Crippen LogP contribution in [0.3, 0.4) is 0 Å². The first-order valence-corrected chi connectivity index (χ1v) is 13.4. The number of esters is 4. The molecule has 1 fully saturated rings. The maximum Gasteiger partial charge on any atom is 0.305 e. The zero-order valence-corrected chi connectivity index (χ0v) is 23.5. The number of carbonyl (C=O) groups excluding carboxylic acids is 4. The van der Waals surface area contributed by atoms with Gasteiger partial charge in [-0.2, -0.15) is 0 Å². The number of benzene rings is 1. The van der Waals surface area contributed by atoms with Crippen LogP contribution in [0, 0.1) is 6.92 Å². The molecule has 5 atom stereocenters. The molecule has 2 aromatic heterocycles. The van der Waals surface area contributed by atoms with Crippen molar-refractivity contribution in [3.8, 4) is 10.6 Å². The van der Waals surface area contributed by atoms with Crippen molar-refractivity contribution in [1.82, 2.24) is 0 Å². The minimum atomic E-state index is -1.43. The van der Waals surface area contributed by atoms with E-state index in [1.54, 1.807) is 23.7 Å². The zero-order chi connectivity index (χ0) is 29.0. The number of ether oxygens (including phenoxy) is 5. The summed E-state index contributed by atoms with van der Waals surface area (Å²) in [6, 6.07) is 13.4. The quantitative estimate of drug-likeness (QED) is 0.279. The Morgan fingerprint density at radius 3 is 2.08 bits per heavy atom. The lowest BCUT2D eigenvalue weighted by Gasteiger charge is -2.44. The van der Waals surface area contributed by atoms with Crippen molar-refractivity contribution in [3.05, 3.63) is 70.3 Å². The van der Waals surface area contributed by atoms with Crippen LogP contribution in [0.2, 0.25) is 0 Å². The second kappa shape index (κ2) is 12.5. The van der Waals surface area contributed by atoms with Gasteiger partial charge in [-0.1, -0.05) is 18.2 Å². The normalized spacial score (nSPS) is 22.3. The van der Waals surface area contributed by atoms with E-state index in [2.05, 4.69) is 0 Å². The summed E-state index contributed by atoms with van der Waals surface area (Å²) in [5.74, 6) is -2.03. The van der Waals surface area contributed by atoms with Gasteiger partial charge >= 0.3 is 23.9 Å². The minimum Gasteiger partial charge on any atom is -0.464 e. The molecule has 1 saturated heterocycles. The van der Waals surface area contributed by atoms with E-state index in [9.17, 15) is 19.2 Å². The molecule has 0 amide bonds. The van der Waals surface area contributed by atoms with Crippen molar-refractivity contribution in [3.63, 3.8) is 0 Å². The summed E-state index contributed by atoms with van der Waals surface area (Å²) in [6.07, 6.45) is -4.11. The van der Waals surface area contributed by atoms with E-state index in [1.165, 1.54) is 20.8 Å². The monoisotopic (exact) mass is 570 g/mol. The van der Waals surface area contributed by atoms with E-state index in [0.29, 0.717) is 12.0 Å². The summed E-state index contributed by atoms with van der Waals surface area (Å²) in [6.45, 7) is 6.67. The highest BCUT2D eigenvalue weighted by atomic mass is 32.1. The molecule has 0 spiro atoms. The number of aryl methyl sites for hydroxylation is 1. The molecule has 212 valence electrons. The summed E-state index contributed by atoms with van der Waals surface area (Å²) in [4.78, 5) is 50.2. The van der Waals surface area contributed by atoms with Gasteiger partial charge in [0.05, 0.1) is 11.1 Å². The topological polar surface area (TPSA) is 128 Å². The summed E-state index contributed by atoms with van der Waals surface area (Å²) >= 11 is 1.61. The molecule has 0 N–H and O–H groups in total. The summed E-state index contributed by atoms with van der Waals surface area (Å²) in [7, 11) is 0. The van der Waals surface area contributed by atoms with E-state index in [-0.39, 0.29) is 0 Å². The van der Waals surface area contributed by atoms with E-state index < -0.39 is 54.6 Å². The van der Waals surface area contributed by atoms with Gasteiger partial charge in [0.1, 0.15) is 11.9 Å². The first-order valence-electron chi connectivity index (χ1n) is 12.6. The molecule has 11 heteroatoms. The number of rotatable bonds is 8. The molecule has 3 heterocycles. The summed E-state index contributed by atoms with van der Waals surface area (Å²) < 4.78 is 33.4. The van der Waals surface area contributed by atoms with Crippen molar-refractivity contribution in [1.29, 1.82) is 0 Å². The third-order valence-electron chi connectivity index (χ3n) is 6.18. The smallest absolute Gasteiger partial charge is 0.305 e. The van der Waals surface area contributed by atoms with Gasteiger partial charge in [-0.05, 0) is 47.9 Å². The van der Waals surface area contributed by atoms with E-state index >= 15 is 0 Å². The molecule has 5 unspecified atom stereocenters. The Bertz CT molecular complexity index is 1380. The van der Waals surface area contributed by atoms with E-state index in [1.807, 2.05) is 43.3 Å². The predicted octanol–water partition coefficient (Wildman–Crippen LogP) is 4.66. The van der Waals surface area contributed by atoms with Crippen molar-refractivity contribution in [2.24, 2.45) is 0 Å². The fourth-order valence-corrected chi connectivity index (χ4v) is 5.57. The first-order chi connectivity index (χ1) is 19.0. The lowest BCUT2D eigenvalue weighted by Crippen LogP contribution is -2.59. The van der Waals surface area contributed by atoms with Crippen LogP contribution in [0.15, 0.2) is 53.1 Å². The largest absolute Gasteiger partial charge is 0.464 e. The van der Waals surface area contributed by atoms with Crippen LogP contribution in [0.5, 0.6) is 0 Å². The van der Waals surface area contributed by atoms with Gasteiger partial charge in [-0.3, -0.25) is 19.2 Å². The van der Waals surface area contributed by atoms with Crippen LogP contribution in [0.4, 0.5) is 0 Å². The molecule has 0 radical (unpaired) electrons. The highest BCUT2D eigenvalue weighted by Gasteiger charge is 2.53. The number of thiophene rings is 1. The van der Waals surface area contributed by atoms with Crippen molar-refractivity contribution < 1.29 is 47.3 Å². The minimum absolute atomic E-state index is 0.588. The molecular weight excluding hydrogens is 540 g/mol. The summed E-state index contributed by atoms with van der Waals surface area (Å²) in [5.41, 5.74) is 2.58. The van der Waals surface area contributed by atoms with Gasteiger partial charge in [0.2, 0.25) is 12.4 Å². The lowest BCUT2D eigenvalue weighted by atomic mass is 9.90. The number of carbonyl (C=O) groups is 4. The van der Waals surface area contributed by atoms with Crippen LogP contribution in [0.25, 0.3) is 10.6 Å². The molecule has 0 aliphatic carbocycles. The van der Waals surface area contributed by atoms with Crippen molar-refractivity contribution >= 4 is 35.2 Å². The van der Waals surface area contributed by atoms with Gasteiger partial charge in [0, 0.05) is 39.0 Å². The van der Waals surface area contributed by atoms with Crippen LogP contribution in [-0.4, -0.2) is 48.5 Å². The van der Waals surface area contributed by atoms with Crippen LogP contribution in [-0.2, 0) is 49.3 Å². The number of hydrogen-bond acceptors (Lipinski definition) is 11. The van der Waals surface area contributed by atoms with Crippen LogP contribution >= 0.6 is 11.3 Å². The second-order valence-corrected chi connectivity index (χ2v) is 10.5. The van der Waals surface area contributed by atoms with Gasteiger partial charge in [-0.25, -0.2) is 0 Å². The average Bonchev–Trinajstić information content (AvgIpc) is 3.55. The Morgan fingerprint density at radius 2 is 1.45 bits per heavy atom. The van der Waals surface area contributed by atoms with Crippen molar-refractivity contribution in [2.75, 3.05) is 0 Å². The third kappa shape index (κ3) is 6.97. The molecule has 0 saturated carbocycles.